The van der Waals surface area contributed by atoms with Gasteiger partial charge >= 0.3 is 5.97 Å². The van der Waals surface area contributed by atoms with Gasteiger partial charge in [0.2, 0.25) is 5.91 Å². The molecule has 1 aromatic heterocycles. The summed E-state index contributed by atoms with van der Waals surface area (Å²) < 4.78 is 1.90. The van der Waals surface area contributed by atoms with Crippen LogP contribution in [-0.4, -0.2) is 21.6 Å². The van der Waals surface area contributed by atoms with Gasteiger partial charge in [-0.3, -0.25) is 4.79 Å². The van der Waals surface area contributed by atoms with E-state index in [1.807, 2.05) is 30.1 Å². The number of aromatic nitrogens is 1. The molecule has 104 valence electrons. The number of aromatic carboxylic acids is 1. The minimum Gasteiger partial charge on any atom is -0.478 e. The van der Waals surface area contributed by atoms with Crippen LogP contribution in [0, 0.1) is 0 Å². The molecular weight excluding hydrogens is 256 g/mol. The minimum absolute atomic E-state index is 0.128. The second-order valence-electron chi connectivity index (χ2n) is 4.65. The first-order valence-corrected chi connectivity index (χ1v) is 6.19. The van der Waals surface area contributed by atoms with Crippen LogP contribution in [0.4, 0.5) is 5.69 Å². The Hall–Kier alpha value is -2.56. The highest BCUT2D eigenvalue weighted by Gasteiger charge is 2.14. The van der Waals surface area contributed by atoms with Crippen molar-refractivity contribution in [2.75, 3.05) is 4.90 Å². The zero-order valence-electron chi connectivity index (χ0n) is 11.4. The van der Waals surface area contributed by atoms with Crippen LogP contribution in [0.3, 0.4) is 0 Å². The molecule has 1 heterocycles. The Bertz CT molecular complexity index is 646. The molecular formula is C15H16N2O3. The molecule has 0 spiro atoms. The van der Waals surface area contributed by atoms with Crippen molar-refractivity contribution in [3.05, 3.63) is 53.9 Å². The topological polar surface area (TPSA) is 62.5 Å². The number of carbonyl (C=O) groups excluding carboxylic acids is 1. The highest BCUT2D eigenvalue weighted by atomic mass is 16.4. The predicted octanol–water partition coefficient (Wildman–Crippen LogP) is 2.28. The average Bonchev–Trinajstić information content (AvgIpc) is 2.81. The number of rotatable bonds is 4. The number of carbonyl (C=O) groups is 2. The molecule has 0 saturated heterocycles. The number of nitrogens with zero attached hydrogens (tertiary/aromatic N) is 2. The maximum absolute atomic E-state index is 11.8. The quantitative estimate of drug-likeness (QED) is 0.928. The zero-order valence-corrected chi connectivity index (χ0v) is 11.4. The van der Waals surface area contributed by atoms with Crippen molar-refractivity contribution in [1.82, 2.24) is 4.57 Å². The van der Waals surface area contributed by atoms with Crippen molar-refractivity contribution in [3.8, 4) is 0 Å². The van der Waals surface area contributed by atoms with Crippen LogP contribution in [0.2, 0.25) is 0 Å². The molecule has 2 rings (SSSR count). The summed E-state index contributed by atoms with van der Waals surface area (Å²) in [6.45, 7) is 1.88. The molecule has 0 atom stereocenters. The lowest BCUT2D eigenvalue weighted by Gasteiger charge is -2.21. The number of aryl methyl sites for hydroxylation is 1. The molecule has 1 N–H and O–H groups in total. The van der Waals surface area contributed by atoms with E-state index in [-0.39, 0.29) is 11.5 Å². The molecule has 0 unspecified atom stereocenters. The zero-order chi connectivity index (χ0) is 14.7. The van der Waals surface area contributed by atoms with E-state index in [1.165, 1.54) is 19.1 Å². The molecule has 2 aromatic rings. The van der Waals surface area contributed by atoms with E-state index in [0.29, 0.717) is 12.2 Å². The number of amides is 1. The molecule has 5 nitrogen and oxygen atoms in total. The van der Waals surface area contributed by atoms with E-state index in [9.17, 15) is 9.59 Å². The molecule has 0 aliphatic rings. The Labute approximate surface area is 117 Å². The maximum atomic E-state index is 11.8. The van der Waals surface area contributed by atoms with Gasteiger partial charge in [-0.15, -0.1) is 0 Å². The summed E-state index contributed by atoms with van der Waals surface area (Å²) in [5.41, 5.74) is 1.74. The third-order valence-corrected chi connectivity index (χ3v) is 3.02. The van der Waals surface area contributed by atoms with E-state index in [1.54, 1.807) is 17.0 Å². The predicted molar refractivity (Wildman–Crippen MR) is 75.7 cm³/mol. The number of hydrogen-bond donors (Lipinski definition) is 1. The summed E-state index contributed by atoms with van der Waals surface area (Å²) in [4.78, 5) is 24.4. The van der Waals surface area contributed by atoms with Gasteiger partial charge in [0.05, 0.1) is 12.1 Å². The highest BCUT2D eigenvalue weighted by molar-refractivity contribution is 5.94. The van der Waals surface area contributed by atoms with E-state index in [0.717, 1.165) is 5.56 Å². The van der Waals surface area contributed by atoms with Gasteiger partial charge in [0.15, 0.2) is 0 Å². The molecule has 0 aliphatic carbocycles. The van der Waals surface area contributed by atoms with Crippen LogP contribution >= 0.6 is 0 Å². The lowest BCUT2D eigenvalue weighted by Crippen LogP contribution is -2.27. The van der Waals surface area contributed by atoms with Gasteiger partial charge in [0.25, 0.3) is 0 Å². The van der Waals surface area contributed by atoms with Gasteiger partial charge in [0, 0.05) is 32.1 Å². The van der Waals surface area contributed by atoms with Crippen LogP contribution < -0.4 is 4.90 Å². The molecule has 0 fully saturated rings. The van der Waals surface area contributed by atoms with Crippen molar-refractivity contribution < 1.29 is 14.7 Å². The standard InChI is InChI=1S/C15H16N2O3/c1-11(18)17(10-12-6-7-16(2)9-12)14-5-3-4-13(8-14)15(19)20/h3-9H,10H2,1-2H3,(H,19,20). The van der Waals surface area contributed by atoms with Crippen molar-refractivity contribution in [2.24, 2.45) is 7.05 Å². The average molecular weight is 272 g/mol. The van der Waals surface area contributed by atoms with Crippen LogP contribution in [0.1, 0.15) is 22.8 Å². The Morgan fingerprint density at radius 1 is 1.30 bits per heavy atom. The summed E-state index contributed by atoms with van der Waals surface area (Å²) in [5, 5.41) is 9.02. The van der Waals surface area contributed by atoms with Gasteiger partial charge in [0.1, 0.15) is 0 Å². The first kappa shape index (κ1) is 13.9. The largest absolute Gasteiger partial charge is 0.478 e. The molecule has 0 aliphatic heterocycles. The van der Waals surface area contributed by atoms with E-state index >= 15 is 0 Å². The van der Waals surface area contributed by atoms with Gasteiger partial charge in [-0.1, -0.05) is 6.07 Å². The number of carboxylic acid groups (broad SMARTS) is 1. The third kappa shape index (κ3) is 3.06. The number of carboxylic acids is 1. The Morgan fingerprint density at radius 2 is 2.05 bits per heavy atom. The summed E-state index contributed by atoms with van der Waals surface area (Å²) in [7, 11) is 1.91. The number of hydrogen-bond acceptors (Lipinski definition) is 2. The molecule has 20 heavy (non-hydrogen) atoms. The van der Waals surface area contributed by atoms with Gasteiger partial charge < -0.3 is 14.6 Å². The summed E-state index contributed by atoms with van der Waals surface area (Å²) >= 11 is 0. The smallest absolute Gasteiger partial charge is 0.335 e. The van der Waals surface area contributed by atoms with Crippen LogP contribution in [0.25, 0.3) is 0 Å². The van der Waals surface area contributed by atoms with Crippen LogP contribution in [-0.2, 0) is 18.4 Å². The monoisotopic (exact) mass is 272 g/mol. The molecule has 0 radical (unpaired) electrons. The fraction of sp³-hybridized carbons (Fsp3) is 0.200. The first-order valence-electron chi connectivity index (χ1n) is 6.19. The molecule has 0 saturated carbocycles. The Balaban J connectivity index is 2.31. The Morgan fingerprint density at radius 3 is 2.60 bits per heavy atom. The third-order valence-electron chi connectivity index (χ3n) is 3.02. The molecule has 5 heteroatoms. The second-order valence-corrected chi connectivity index (χ2v) is 4.65. The molecule has 1 aromatic carbocycles. The molecule has 0 bridgehead atoms. The van der Waals surface area contributed by atoms with Crippen molar-refractivity contribution in [3.63, 3.8) is 0 Å². The number of anilines is 1. The fourth-order valence-electron chi connectivity index (χ4n) is 2.03. The summed E-state index contributed by atoms with van der Waals surface area (Å²) in [5.74, 6) is -1.13. The SMILES string of the molecule is CC(=O)N(Cc1ccn(C)c1)c1cccc(C(=O)O)c1. The van der Waals surface area contributed by atoms with Gasteiger partial charge in [-0.2, -0.15) is 0 Å². The maximum Gasteiger partial charge on any atom is 0.335 e. The fourth-order valence-corrected chi connectivity index (χ4v) is 2.03. The van der Waals surface area contributed by atoms with Crippen molar-refractivity contribution in [1.29, 1.82) is 0 Å². The summed E-state index contributed by atoms with van der Waals surface area (Å²) in [6, 6.07) is 8.31. The minimum atomic E-state index is -1.00. The van der Waals surface area contributed by atoms with Crippen LogP contribution in [0.15, 0.2) is 42.7 Å². The first-order chi connectivity index (χ1) is 9.47. The lowest BCUT2D eigenvalue weighted by atomic mass is 10.1. The van der Waals surface area contributed by atoms with E-state index in [4.69, 9.17) is 5.11 Å². The van der Waals surface area contributed by atoms with E-state index < -0.39 is 5.97 Å². The summed E-state index contributed by atoms with van der Waals surface area (Å²) in [6.07, 6.45) is 3.83. The van der Waals surface area contributed by atoms with Gasteiger partial charge in [-0.05, 0) is 29.8 Å². The van der Waals surface area contributed by atoms with E-state index in [2.05, 4.69) is 0 Å². The molecule has 1 amide bonds. The van der Waals surface area contributed by atoms with Crippen molar-refractivity contribution in [2.45, 2.75) is 13.5 Å². The second kappa shape index (κ2) is 5.61. The normalized spacial score (nSPS) is 10.3. The Kier molecular flexibility index (Phi) is 3.89. The van der Waals surface area contributed by atoms with Crippen molar-refractivity contribution >= 4 is 17.6 Å². The number of benzene rings is 1. The lowest BCUT2D eigenvalue weighted by molar-refractivity contribution is -0.116. The van der Waals surface area contributed by atoms with Gasteiger partial charge in [-0.25, -0.2) is 4.79 Å². The van der Waals surface area contributed by atoms with Crippen LogP contribution in [0.5, 0.6) is 0 Å². The highest BCUT2D eigenvalue weighted by Crippen LogP contribution is 2.19.